The van der Waals surface area contributed by atoms with Crippen LogP contribution in [0.4, 0.5) is 0 Å². The maximum Gasteiger partial charge on any atom is 0.191 e. The molecule has 1 N–H and O–H groups in total. The lowest BCUT2D eigenvalue weighted by Crippen LogP contribution is -2.06. The first-order valence-corrected chi connectivity index (χ1v) is 7.75. The van der Waals surface area contributed by atoms with Gasteiger partial charge in [-0.1, -0.05) is 26.2 Å². The minimum atomic E-state index is 0.602. The van der Waals surface area contributed by atoms with Gasteiger partial charge in [0.2, 0.25) is 0 Å². The highest BCUT2D eigenvalue weighted by Crippen LogP contribution is 2.33. The average Bonchev–Trinajstić information content (AvgIpc) is 3.08. The molecule has 1 fully saturated rings. The summed E-state index contributed by atoms with van der Waals surface area (Å²) in [4.78, 5) is 5.96. The van der Waals surface area contributed by atoms with E-state index in [1.165, 1.54) is 42.5 Å². The van der Waals surface area contributed by atoms with E-state index in [4.69, 9.17) is 4.98 Å². The van der Waals surface area contributed by atoms with E-state index in [2.05, 4.69) is 28.6 Å². The van der Waals surface area contributed by atoms with E-state index in [1.54, 1.807) is 11.3 Å². The minimum absolute atomic E-state index is 0.602. The van der Waals surface area contributed by atoms with Crippen LogP contribution in [0.15, 0.2) is 11.4 Å². The summed E-state index contributed by atoms with van der Waals surface area (Å²) in [5, 5.41) is 9.71. The van der Waals surface area contributed by atoms with Gasteiger partial charge >= 0.3 is 0 Å². The molecule has 0 radical (unpaired) electrons. The molecule has 3 nitrogen and oxygen atoms in total. The van der Waals surface area contributed by atoms with Gasteiger partial charge in [-0.15, -0.1) is 11.3 Å². The van der Waals surface area contributed by atoms with Crippen LogP contribution in [0.5, 0.6) is 0 Å². The van der Waals surface area contributed by atoms with Gasteiger partial charge in [-0.25, -0.2) is 4.98 Å². The van der Waals surface area contributed by atoms with E-state index in [0.717, 1.165) is 18.1 Å². The van der Waals surface area contributed by atoms with Crippen LogP contribution in [0.1, 0.15) is 56.3 Å². The fourth-order valence-corrected chi connectivity index (χ4v) is 3.67. The monoisotopic (exact) mass is 261 g/mol. The van der Waals surface area contributed by atoms with Crippen molar-refractivity contribution in [3.05, 3.63) is 22.8 Å². The lowest BCUT2D eigenvalue weighted by molar-refractivity contribution is 0.429. The summed E-state index contributed by atoms with van der Waals surface area (Å²) in [5.74, 6) is 2.59. The van der Waals surface area contributed by atoms with Crippen molar-refractivity contribution >= 4 is 11.3 Å². The summed E-state index contributed by atoms with van der Waals surface area (Å²) in [6.07, 6.45) is 7.62. The second kappa shape index (κ2) is 5.22. The molecule has 96 valence electrons. The first-order chi connectivity index (χ1) is 8.88. The molecule has 0 atom stereocenters. The van der Waals surface area contributed by atoms with Crippen molar-refractivity contribution in [1.29, 1.82) is 0 Å². The van der Waals surface area contributed by atoms with E-state index in [0.29, 0.717) is 5.92 Å². The number of hydrogen-bond acceptors (Lipinski definition) is 3. The standard InChI is InChI=1S/C14H19N3S/c1-2-10-8-9-18-12(10)14-15-13(16-17-14)11-6-4-3-5-7-11/h8-9,11H,2-7H2,1H3,(H,15,16,17). The first kappa shape index (κ1) is 11.9. The molecule has 0 spiro atoms. The zero-order valence-electron chi connectivity index (χ0n) is 10.8. The Labute approximate surface area is 112 Å². The van der Waals surface area contributed by atoms with Crippen LogP contribution in [0.3, 0.4) is 0 Å². The second-order valence-electron chi connectivity index (χ2n) is 5.01. The maximum absolute atomic E-state index is 4.73. The summed E-state index contributed by atoms with van der Waals surface area (Å²) in [6, 6.07) is 2.18. The van der Waals surface area contributed by atoms with E-state index in [-0.39, 0.29) is 0 Å². The van der Waals surface area contributed by atoms with Gasteiger partial charge < -0.3 is 0 Å². The number of aromatic amines is 1. The van der Waals surface area contributed by atoms with Gasteiger partial charge in [-0.05, 0) is 36.3 Å². The fourth-order valence-electron chi connectivity index (χ4n) is 2.74. The zero-order chi connectivity index (χ0) is 12.4. The Morgan fingerprint density at radius 1 is 1.33 bits per heavy atom. The third-order valence-electron chi connectivity index (χ3n) is 3.83. The molecule has 0 unspecified atom stereocenters. The van der Waals surface area contributed by atoms with Gasteiger partial charge in [0.1, 0.15) is 5.82 Å². The normalized spacial score (nSPS) is 17.2. The van der Waals surface area contributed by atoms with Crippen LogP contribution in [-0.4, -0.2) is 15.2 Å². The Balaban J connectivity index is 1.84. The average molecular weight is 261 g/mol. The molecule has 3 rings (SSSR count). The van der Waals surface area contributed by atoms with Crippen LogP contribution >= 0.6 is 11.3 Å². The second-order valence-corrected chi connectivity index (χ2v) is 5.92. The minimum Gasteiger partial charge on any atom is -0.262 e. The number of aromatic nitrogens is 3. The zero-order valence-corrected chi connectivity index (χ0v) is 11.6. The van der Waals surface area contributed by atoms with Gasteiger partial charge in [0.25, 0.3) is 0 Å². The topological polar surface area (TPSA) is 41.6 Å². The molecule has 18 heavy (non-hydrogen) atoms. The van der Waals surface area contributed by atoms with Gasteiger partial charge in [0, 0.05) is 5.92 Å². The van der Waals surface area contributed by atoms with E-state index >= 15 is 0 Å². The van der Waals surface area contributed by atoms with Crippen LogP contribution in [0.2, 0.25) is 0 Å². The smallest absolute Gasteiger partial charge is 0.191 e. The highest BCUT2D eigenvalue weighted by molar-refractivity contribution is 7.13. The van der Waals surface area contributed by atoms with Crippen LogP contribution < -0.4 is 0 Å². The van der Waals surface area contributed by atoms with Crippen molar-refractivity contribution in [3.8, 4) is 10.7 Å². The third kappa shape index (κ3) is 2.21. The Hall–Kier alpha value is -1.16. The summed E-state index contributed by atoms with van der Waals surface area (Å²) in [7, 11) is 0. The molecule has 2 heterocycles. The molecular formula is C14H19N3S. The molecule has 0 aliphatic heterocycles. The van der Waals surface area contributed by atoms with Crippen LogP contribution in [-0.2, 0) is 6.42 Å². The lowest BCUT2D eigenvalue weighted by Gasteiger charge is -2.18. The molecule has 1 aliphatic rings. The van der Waals surface area contributed by atoms with E-state index in [1.807, 2.05) is 0 Å². The van der Waals surface area contributed by atoms with Gasteiger partial charge in [-0.2, -0.15) is 5.10 Å². The number of aryl methyl sites for hydroxylation is 1. The number of rotatable bonds is 3. The number of hydrogen-bond donors (Lipinski definition) is 1. The summed E-state index contributed by atoms with van der Waals surface area (Å²) >= 11 is 1.74. The number of H-pyrrole nitrogens is 1. The Bertz CT molecular complexity index is 509. The van der Waals surface area contributed by atoms with Crippen LogP contribution in [0, 0.1) is 0 Å². The predicted molar refractivity (Wildman–Crippen MR) is 74.9 cm³/mol. The van der Waals surface area contributed by atoms with Crippen molar-refractivity contribution in [2.75, 3.05) is 0 Å². The van der Waals surface area contributed by atoms with E-state index in [9.17, 15) is 0 Å². The molecule has 0 bridgehead atoms. The van der Waals surface area contributed by atoms with E-state index < -0.39 is 0 Å². The summed E-state index contributed by atoms with van der Waals surface area (Å²) in [5.41, 5.74) is 1.36. The van der Waals surface area contributed by atoms with Gasteiger partial charge in [0.05, 0.1) is 4.88 Å². The van der Waals surface area contributed by atoms with Gasteiger partial charge in [0.15, 0.2) is 5.82 Å². The Morgan fingerprint density at radius 3 is 2.94 bits per heavy atom. The third-order valence-corrected chi connectivity index (χ3v) is 4.78. The molecule has 2 aromatic heterocycles. The molecular weight excluding hydrogens is 242 g/mol. The molecule has 4 heteroatoms. The molecule has 2 aromatic rings. The van der Waals surface area contributed by atoms with Crippen molar-refractivity contribution in [1.82, 2.24) is 15.2 Å². The summed E-state index contributed by atoms with van der Waals surface area (Å²) in [6.45, 7) is 2.18. The van der Waals surface area contributed by atoms with Crippen molar-refractivity contribution in [2.45, 2.75) is 51.4 Å². The lowest BCUT2D eigenvalue weighted by atomic mass is 9.89. The number of thiophene rings is 1. The first-order valence-electron chi connectivity index (χ1n) is 6.87. The van der Waals surface area contributed by atoms with Crippen molar-refractivity contribution in [2.24, 2.45) is 0 Å². The number of nitrogens with zero attached hydrogens (tertiary/aromatic N) is 2. The SMILES string of the molecule is CCc1ccsc1-c1n[nH]c(C2CCCCC2)n1. The molecule has 1 aliphatic carbocycles. The Morgan fingerprint density at radius 2 is 2.17 bits per heavy atom. The fraction of sp³-hybridized carbons (Fsp3) is 0.571. The Kier molecular flexibility index (Phi) is 3.46. The highest BCUT2D eigenvalue weighted by Gasteiger charge is 2.20. The van der Waals surface area contributed by atoms with Crippen molar-refractivity contribution in [3.63, 3.8) is 0 Å². The molecule has 0 saturated heterocycles. The quantitative estimate of drug-likeness (QED) is 0.902. The summed E-state index contributed by atoms with van der Waals surface area (Å²) < 4.78 is 0. The predicted octanol–water partition coefficient (Wildman–Crippen LogP) is 4.14. The largest absolute Gasteiger partial charge is 0.262 e. The van der Waals surface area contributed by atoms with Gasteiger partial charge in [-0.3, -0.25) is 5.10 Å². The highest BCUT2D eigenvalue weighted by atomic mass is 32.1. The molecule has 1 saturated carbocycles. The molecule has 0 amide bonds. The van der Waals surface area contributed by atoms with Crippen LogP contribution in [0.25, 0.3) is 10.7 Å². The number of nitrogens with one attached hydrogen (secondary N) is 1. The van der Waals surface area contributed by atoms with Crippen molar-refractivity contribution < 1.29 is 0 Å². The molecule has 0 aromatic carbocycles. The maximum atomic E-state index is 4.73.